The van der Waals surface area contributed by atoms with Crippen LogP contribution in [-0.2, 0) is 12.6 Å². The second-order valence-corrected chi connectivity index (χ2v) is 10.8. The molecular weight excluding hydrogens is 585 g/mol. The lowest BCUT2D eigenvalue weighted by atomic mass is 9.91. The van der Waals surface area contributed by atoms with Gasteiger partial charge in [-0.2, -0.15) is 13.2 Å². The standard InChI is InChI=1S/C30H23F7N2O2S/c1-14-17(12-18-20(30(35,36)37)6-4-7-21(18)32)29-39(28(40)25(14)16-5-3-8-24(41-2)26(16)34)23(13-42-29)27(38)19-11-15(31)9-10-22(19)33/h3-11,23,27H,12-13,38H2,1-2H3/t23-,27?/m0/s1. The number of thioether (sulfide) groups is 1. The molecule has 0 aliphatic carbocycles. The quantitative estimate of drug-likeness (QED) is 0.233. The Kier molecular flexibility index (Phi) is 7.88. The second-order valence-electron chi connectivity index (χ2n) is 9.79. The molecule has 2 heterocycles. The average Bonchev–Trinajstić information content (AvgIpc) is 3.38. The van der Waals surface area contributed by atoms with Crippen molar-refractivity contribution < 1.29 is 35.5 Å². The number of nitrogens with zero attached hydrogens (tertiary/aromatic N) is 1. The van der Waals surface area contributed by atoms with E-state index in [1.807, 2.05) is 0 Å². The maximum absolute atomic E-state index is 15.5. The SMILES string of the molecule is COc1cccc(-c2c(C)c(Cc3c(F)cccc3C(F)(F)F)c3n(c2=O)[C@H](C(N)c2cc(F)ccc2F)CS3)c1F. The predicted octanol–water partition coefficient (Wildman–Crippen LogP) is 7.35. The van der Waals surface area contributed by atoms with Gasteiger partial charge in [-0.25, -0.2) is 17.6 Å². The van der Waals surface area contributed by atoms with Gasteiger partial charge < -0.3 is 10.5 Å². The van der Waals surface area contributed by atoms with Crippen molar-refractivity contribution in [1.82, 2.24) is 4.57 Å². The van der Waals surface area contributed by atoms with Crippen LogP contribution in [0.4, 0.5) is 30.7 Å². The number of benzene rings is 3. The lowest BCUT2D eigenvalue weighted by Crippen LogP contribution is -2.34. The highest BCUT2D eigenvalue weighted by atomic mass is 32.2. The molecule has 0 bridgehead atoms. The van der Waals surface area contributed by atoms with Crippen LogP contribution in [0.2, 0.25) is 0 Å². The Labute approximate surface area is 239 Å². The zero-order valence-electron chi connectivity index (χ0n) is 22.2. The Bertz CT molecular complexity index is 1750. The summed E-state index contributed by atoms with van der Waals surface area (Å²) in [7, 11) is 1.23. The Balaban J connectivity index is 1.80. The van der Waals surface area contributed by atoms with E-state index in [0.717, 1.165) is 48.2 Å². The van der Waals surface area contributed by atoms with Crippen LogP contribution < -0.4 is 16.0 Å². The minimum atomic E-state index is -4.88. The van der Waals surface area contributed by atoms with Gasteiger partial charge in [0.1, 0.15) is 17.5 Å². The van der Waals surface area contributed by atoms with E-state index in [0.29, 0.717) is 0 Å². The molecule has 42 heavy (non-hydrogen) atoms. The fourth-order valence-electron chi connectivity index (χ4n) is 5.34. The number of methoxy groups -OCH3 is 1. The number of pyridine rings is 1. The van der Waals surface area contributed by atoms with Crippen LogP contribution in [0.5, 0.6) is 5.75 Å². The molecule has 1 aliphatic rings. The fraction of sp³-hybridized carbons (Fsp3) is 0.233. The van der Waals surface area contributed by atoms with Gasteiger partial charge >= 0.3 is 6.18 Å². The molecular formula is C30H23F7N2O2S. The maximum atomic E-state index is 15.5. The first-order valence-corrected chi connectivity index (χ1v) is 13.6. The van der Waals surface area contributed by atoms with E-state index in [1.54, 1.807) is 0 Å². The lowest BCUT2D eigenvalue weighted by Gasteiger charge is -2.25. The van der Waals surface area contributed by atoms with Crippen molar-refractivity contribution in [1.29, 1.82) is 0 Å². The van der Waals surface area contributed by atoms with Gasteiger partial charge in [0.05, 0.1) is 35.3 Å². The fourth-order valence-corrected chi connectivity index (χ4v) is 6.78. The van der Waals surface area contributed by atoms with Gasteiger partial charge in [0.2, 0.25) is 0 Å². The first-order valence-electron chi connectivity index (χ1n) is 12.6. The number of halogens is 7. The molecule has 2 atom stereocenters. The van der Waals surface area contributed by atoms with E-state index >= 15 is 4.39 Å². The van der Waals surface area contributed by atoms with Gasteiger partial charge in [-0.3, -0.25) is 9.36 Å². The van der Waals surface area contributed by atoms with Crippen LogP contribution in [0.25, 0.3) is 11.1 Å². The topological polar surface area (TPSA) is 57.2 Å². The summed E-state index contributed by atoms with van der Waals surface area (Å²) in [5.41, 5.74) is 3.45. The predicted molar refractivity (Wildman–Crippen MR) is 145 cm³/mol. The summed E-state index contributed by atoms with van der Waals surface area (Å²) in [4.78, 5) is 14.1. The third-order valence-electron chi connectivity index (χ3n) is 7.42. The molecule has 0 saturated carbocycles. The molecule has 0 radical (unpaired) electrons. The molecule has 0 fully saturated rings. The van der Waals surface area contributed by atoms with E-state index in [9.17, 15) is 31.1 Å². The normalized spacial score (nSPS) is 15.5. The molecule has 12 heteroatoms. The van der Waals surface area contributed by atoms with Gasteiger partial charge in [-0.1, -0.05) is 18.2 Å². The maximum Gasteiger partial charge on any atom is 0.416 e. The summed E-state index contributed by atoms with van der Waals surface area (Å²) in [5, 5.41) is 0.179. The van der Waals surface area contributed by atoms with Gasteiger partial charge in [0.15, 0.2) is 11.6 Å². The molecule has 4 aromatic rings. The van der Waals surface area contributed by atoms with Crippen LogP contribution in [-0.4, -0.2) is 17.4 Å². The zero-order chi connectivity index (χ0) is 30.5. The number of ether oxygens (including phenoxy) is 1. The van der Waals surface area contributed by atoms with Gasteiger partial charge in [-0.15, -0.1) is 11.8 Å². The summed E-state index contributed by atoms with van der Waals surface area (Å²) in [5.74, 6) is -3.70. The minimum absolute atomic E-state index is 0.0618. The second kappa shape index (κ2) is 11.1. The zero-order valence-corrected chi connectivity index (χ0v) is 23.0. The molecule has 1 aromatic heterocycles. The number of hydrogen-bond acceptors (Lipinski definition) is 4. The number of fused-ring (bicyclic) bond motifs is 1. The van der Waals surface area contributed by atoms with Crippen LogP contribution >= 0.6 is 11.8 Å². The van der Waals surface area contributed by atoms with Crippen LogP contribution in [0, 0.1) is 30.2 Å². The molecule has 5 rings (SSSR count). The smallest absolute Gasteiger partial charge is 0.416 e. The molecule has 1 aliphatic heterocycles. The molecule has 1 unspecified atom stereocenters. The Hall–Kier alpha value is -3.77. The largest absolute Gasteiger partial charge is 0.494 e. The van der Waals surface area contributed by atoms with Crippen molar-refractivity contribution in [3.05, 3.63) is 116 Å². The first kappa shape index (κ1) is 29.7. The molecule has 0 saturated heterocycles. The number of alkyl halides is 3. The van der Waals surface area contributed by atoms with Crippen molar-refractivity contribution in [3.63, 3.8) is 0 Å². The Morgan fingerprint density at radius 1 is 1.02 bits per heavy atom. The summed E-state index contributed by atoms with van der Waals surface area (Å²) in [6, 6.07) is 7.13. The molecule has 3 aromatic carbocycles. The summed E-state index contributed by atoms with van der Waals surface area (Å²) >= 11 is 1.06. The third kappa shape index (κ3) is 5.06. The lowest BCUT2D eigenvalue weighted by molar-refractivity contribution is -0.138. The van der Waals surface area contributed by atoms with Crippen molar-refractivity contribution in [2.45, 2.75) is 36.6 Å². The van der Waals surface area contributed by atoms with Gasteiger partial charge in [0.25, 0.3) is 5.56 Å². The summed E-state index contributed by atoms with van der Waals surface area (Å²) in [6.45, 7) is 1.44. The number of rotatable bonds is 6. The van der Waals surface area contributed by atoms with Crippen molar-refractivity contribution >= 4 is 11.8 Å². The van der Waals surface area contributed by atoms with Gasteiger partial charge in [-0.05, 0) is 54.4 Å². The highest BCUT2D eigenvalue weighted by Crippen LogP contribution is 2.45. The van der Waals surface area contributed by atoms with Crippen LogP contribution in [0.1, 0.15) is 39.9 Å². The monoisotopic (exact) mass is 608 g/mol. The van der Waals surface area contributed by atoms with Crippen LogP contribution in [0.15, 0.2) is 64.4 Å². The van der Waals surface area contributed by atoms with E-state index in [4.69, 9.17) is 10.5 Å². The molecule has 220 valence electrons. The van der Waals surface area contributed by atoms with Crippen molar-refractivity contribution in [2.24, 2.45) is 5.73 Å². The molecule has 2 N–H and O–H groups in total. The number of hydrogen-bond donors (Lipinski definition) is 1. The number of aromatic nitrogens is 1. The minimum Gasteiger partial charge on any atom is -0.494 e. The van der Waals surface area contributed by atoms with Crippen molar-refractivity contribution in [3.8, 4) is 16.9 Å². The molecule has 4 nitrogen and oxygen atoms in total. The number of nitrogens with two attached hydrogens (primary N) is 1. The van der Waals surface area contributed by atoms with E-state index in [-0.39, 0.29) is 44.3 Å². The Morgan fingerprint density at radius 3 is 2.43 bits per heavy atom. The molecule has 0 amide bonds. The van der Waals surface area contributed by atoms with Gasteiger partial charge in [0, 0.05) is 28.9 Å². The Morgan fingerprint density at radius 2 is 1.74 bits per heavy atom. The summed E-state index contributed by atoms with van der Waals surface area (Å²) in [6.07, 6.45) is -5.47. The third-order valence-corrected chi connectivity index (χ3v) is 8.65. The van der Waals surface area contributed by atoms with E-state index in [2.05, 4.69) is 0 Å². The van der Waals surface area contributed by atoms with Crippen LogP contribution in [0.3, 0.4) is 0 Å². The first-order chi connectivity index (χ1) is 19.8. The highest BCUT2D eigenvalue weighted by Gasteiger charge is 2.38. The molecule has 0 spiro atoms. The van der Waals surface area contributed by atoms with E-state index in [1.165, 1.54) is 36.8 Å². The highest BCUT2D eigenvalue weighted by molar-refractivity contribution is 7.99. The van der Waals surface area contributed by atoms with E-state index < -0.39 is 64.6 Å². The summed E-state index contributed by atoms with van der Waals surface area (Å²) < 4.78 is 107. The average molecular weight is 609 g/mol. The van der Waals surface area contributed by atoms with Crippen molar-refractivity contribution in [2.75, 3.05) is 12.9 Å².